The largest absolute Gasteiger partial charge is 0.491 e. The number of ether oxygens (including phenoxy) is 1. The van der Waals surface area contributed by atoms with Crippen molar-refractivity contribution in [2.45, 2.75) is 26.9 Å². The highest BCUT2D eigenvalue weighted by Gasteiger charge is 2.11. The summed E-state index contributed by atoms with van der Waals surface area (Å²) >= 11 is 2.25. The molecule has 0 fully saturated rings. The first kappa shape index (κ1) is 15.7. The van der Waals surface area contributed by atoms with Gasteiger partial charge in [-0.2, -0.15) is 0 Å². The molecule has 1 unspecified atom stereocenters. The smallest absolute Gasteiger partial charge is 0.119 e. The summed E-state index contributed by atoms with van der Waals surface area (Å²) in [7, 11) is 0. The number of nitrogens with one attached hydrogen (secondary N) is 1. The van der Waals surface area contributed by atoms with Gasteiger partial charge in [0.05, 0.1) is 0 Å². The second-order valence-corrected chi connectivity index (χ2v) is 6.86. The van der Waals surface area contributed by atoms with E-state index in [1.807, 2.05) is 24.3 Å². The van der Waals surface area contributed by atoms with Gasteiger partial charge in [-0.05, 0) is 52.3 Å². The molecule has 4 heteroatoms. The molecule has 1 aromatic carbocycles. The molecular weight excluding hydrogens is 341 g/mol. The molecule has 0 aliphatic carbocycles. The molecule has 1 atom stereocenters. The third kappa shape index (κ3) is 7.18. The number of hydrogen-bond acceptors (Lipinski definition) is 3. The van der Waals surface area contributed by atoms with Crippen LogP contribution in [-0.4, -0.2) is 30.9 Å². The molecule has 0 amide bonds. The summed E-state index contributed by atoms with van der Waals surface area (Å²) in [6, 6.07) is 7.80. The van der Waals surface area contributed by atoms with Gasteiger partial charge in [-0.3, -0.25) is 0 Å². The van der Waals surface area contributed by atoms with Gasteiger partial charge in [-0.1, -0.05) is 20.8 Å². The zero-order valence-electron chi connectivity index (χ0n) is 11.2. The van der Waals surface area contributed by atoms with Gasteiger partial charge >= 0.3 is 0 Å². The van der Waals surface area contributed by atoms with Crippen molar-refractivity contribution in [1.29, 1.82) is 0 Å². The van der Waals surface area contributed by atoms with E-state index >= 15 is 0 Å². The minimum absolute atomic E-state index is 0.233. The summed E-state index contributed by atoms with van der Waals surface area (Å²) in [6.45, 7) is 8.24. The van der Waals surface area contributed by atoms with E-state index < -0.39 is 6.10 Å². The van der Waals surface area contributed by atoms with Crippen molar-refractivity contribution in [1.82, 2.24) is 5.32 Å². The number of benzene rings is 1. The number of hydrogen-bond donors (Lipinski definition) is 2. The van der Waals surface area contributed by atoms with Crippen LogP contribution in [0.1, 0.15) is 20.8 Å². The lowest BCUT2D eigenvalue weighted by molar-refractivity contribution is 0.104. The van der Waals surface area contributed by atoms with E-state index in [0.717, 1.165) is 12.3 Å². The Hall–Kier alpha value is -0.330. The average molecular weight is 363 g/mol. The molecule has 0 aliphatic rings. The standard InChI is InChI=1S/C14H22INO2/c1-14(2,3)10-16-8-12(17)9-18-13-6-4-11(15)5-7-13/h4-7,12,16-17H,8-10H2,1-3H3. The minimum atomic E-state index is -0.480. The summed E-state index contributed by atoms with van der Waals surface area (Å²) < 4.78 is 6.69. The van der Waals surface area contributed by atoms with Gasteiger partial charge in [0.2, 0.25) is 0 Å². The van der Waals surface area contributed by atoms with Gasteiger partial charge in [0.15, 0.2) is 0 Å². The molecule has 3 nitrogen and oxygen atoms in total. The summed E-state index contributed by atoms with van der Waals surface area (Å²) in [5.41, 5.74) is 0.233. The molecule has 0 saturated carbocycles. The van der Waals surface area contributed by atoms with Crippen molar-refractivity contribution in [2.75, 3.05) is 19.7 Å². The lowest BCUT2D eigenvalue weighted by atomic mass is 9.97. The highest BCUT2D eigenvalue weighted by atomic mass is 127. The monoisotopic (exact) mass is 363 g/mol. The third-order valence-corrected chi connectivity index (χ3v) is 3.01. The molecule has 0 saturated heterocycles. The first-order valence-electron chi connectivity index (χ1n) is 6.14. The Morgan fingerprint density at radius 2 is 1.89 bits per heavy atom. The molecule has 0 radical (unpaired) electrons. The van der Waals surface area contributed by atoms with Gasteiger partial charge in [-0.15, -0.1) is 0 Å². The zero-order chi connectivity index (χ0) is 13.6. The maximum Gasteiger partial charge on any atom is 0.119 e. The quantitative estimate of drug-likeness (QED) is 0.764. The van der Waals surface area contributed by atoms with Crippen molar-refractivity contribution in [3.63, 3.8) is 0 Å². The molecule has 0 bridgehead atoms. The topological polar surface area (TPSA) is 41.5 Å². The van der Waals surface area contributed by atoms with Crippen LogP contribution >= 0.6 is 22.6 Å². The summed E-state index contributed by atoms with van der Waals surface area (Å²) in [6.07, 6.45) is -0.480. The lowest BCUT2D eigenvalue weighted by Gasteiger charge is -2.20. The Bertz CT molecular complexity index is 346. The van der Waals surface area contributed by atoms with Crippen LogP contribution in [0, 0.1) is 8.99 Å². The lowest BCUT2D eigenvalue weighted by Crippen LogP contribution is -2.36. The molecule has 2 N–H and O–H groups in total. The first-order valence-corrected chi connectivity index (χ1v) is 7.22. The highest BCUT2D eigenvalue weighted by molar-refractivity contribution is 14.1. The van der Waals surface area contributed by atoms with Gasteiger partial charge in [-0.25, -0.2) is 0 Å². The Morgan fingerprint density at radius 3 is 2.44 bits per heavy atom. The van der Waals surface area contributed by atoms with Crippen LogP contribution in [0.4, 0.5) is 0 Å². The Kier molecular flexibility index (Phi) is 6.38. The molecule has 102 valence electrons. The molecule has 0 aromatic heterocycles. The number of aliphatic hydroxyl groups is 1. The van der Waals surface area contributed by atoms with E-state index in [9.17, 15) is 5.11 Å². The van der Waals surface area contributed by atoms with Gasteiger partial charge in [0.1, 0.15) is 18.5 Å². The molecule has 1 rings (SSSR count). The van der Waals surface area contributed by atoms with Crippen LogP contribution in [0.25, 0.3) is 0 Å². The van der Waals surface area contributed by atoms with Crippen molar-refractivity contribution < 1.29 is 9.84 Å². The van der Waals surface area contributed by atoms with E-state index in [1.165, 1.54) is 3.57 Å². The number of rotatable bonds is 6. The summed E-state index contributed by atoms with van der Waals surface area (Å²) in [4.78, 5) is 0. The van der Waals surface area contributed by atoms with E-state index in [-0.39, 0.29) is 5.41 Å². The predicted octanol–water partition coefficient (Wildman–Crippen LogP) is 2.67. The molecule has 18 heavy (non-hydrogen) atoms. The molecule has 0 spiro atoms. The van der Waals surface area contributed by atoms with Crippen molar-refractivity contribution in [2.24, 2.45) is 5.41 Å². The van der Waals surface area contributed by atoms with E-state index in [4.69, 9.17) is 4.74 Å². The van der Waals surface area contributed by atoms with Gasteiger partial charge in [0, 0.05) is 16.7 Å². The maximum absolute atomic E-state index is 9.77. The van der Waals surface area contributed by atoms with Crippen LogP contribution in [0.2, 0.25) is 0 Å². The Morgan fingerprint density at radius 1 is 1.28 bits per heavy atom. The molecule has 0 aliphatic heterocycles. The summed E-state index contributed by atoms with van der Waals surface area (Å²) in [5.74, 6) is 0.797. The van der Waals surface area contributed by atoms with Crippen LogP contribution in [0.3, 0.4) is 0 Å². The molecular formula is C14H22INO2. The molecule has 1 aromatic rings. The predicted molar refractivity (Wildman–Crippen MR) is 83.0 cm³/mol. The normalized spacial score (nSPS) is 13.4. The second-order valence-electron chi connectivity index (χ2n) is 5.61. The first-order chi connectivity index (χ1) is 8.37. The van der Waals surface area contributed by atoms with Gasteiger partial charge < -0.3 is 15.2 Å². The fraction of sp³-hybridized carbons (Fsp3) is 0.571. The maximum atomic E-state index is 9.77. The van der Waals surface area contributed by atoms with Crippen LogP contribution in [-0.2, 0) is 0 Å². The Balaban J connectivity index is 2.21. The fourth-order valence-electron chi connectivity index (χ4n) is 1.40. The van der Waals surface area contributed by atoms with Crippen molar-refractivity contribution >= 4 is 22.6 Å². The highest BCUT2D eigenvalue weighted by Crippen LogP contribution is 2.13. The van der Waals surface area contributed by atoms with Crippen LogP contribution < -0.4 is 10.1 Å². The fourth-order valence-corrected chi connectivity index (χ4v) is 1.76. The van der Waals surface area contributed by atoms with E-state index in [1.54, 1.807) is 0 Å². The van der Waals surface area contributed by atoms with Crippen molar-refractivity contribution in [3.8, 4) is 5.75 Å². The third-order valence-electron chi connectivity index (χ3n) is 2.29. The minimum Gasteiger partial charge on any atom is -0.491 e. The van der Waals surface area contributed by atoms with E-state index in [2.05, 4.69) is 48.7 Å². The zero-order valence-corrected chi connectivity index (χ0v) is 13.4. The second kappa shape index (κ2) is 7.31. The van der Waals surface area contributed by atoms with Crippen LogP contribution in [0.15, 0.2) is 24.3 Å². The van der Waals surface area contributed by atoms with Gasteiger partial charge in [0.25, 0.3) is 0 Å². The van der Waals surface area contributed by atoms with Crippen LogP contribution in [0.5, 0.6) is 5.75 Å². The average Bonchev–Trinajstić information content (AvgIpc) is 2.26. The van der Waals surface area contributed by atoms with Crippen molar-refractivity contribution in [3.05, 3.63) is 27.8 Å². The number of halogens is 1. The summed E-state index contributed by atoms with van der Waals surface area (Å²) in [5, 5.41) is 13.0. The van der Waals surface area contributed by atoms with E-state index in [0.29, 0.717) is 13.2 Å². The number of aliphatic hydroxyl groups excluding tert-OH is 1. The molecule has 0 heterocycles. The Labute approximate surface area is 123 Å². The SMILES string of the molecule is CC(C)(C)CNCC(O)COc1ccc(I)cc1.